The monoisotopic (exact) mass is 324 g/mol. The first-order chi connectivity index (χ1) is 9.99. The number of hydrogen-bond donors (Lipinski definition) is 2. The Kier molecular flexibility index (Phi) is 7.65. The average Bonchev–Trinajstić information content (AvgIpc) is 2.44. The lowest BCUT2D eigenvalue weighted by Gasteiger charge is -2.10. The van der Waals surface area contributed by atoms with Gasteiger partial charge in [-0.1, -0.05) is 59.6 Å². The number of nitrogens with one attached hydrogen (secondary N) is 2. The van der Waals surface area contributed by atoms with Gasteiger partial charge in [0.1, 0.15) is 0 Å². The van der Waals surface area contributed by atoms with Crippen molar-refractivity contribution in [3.05, 3.63) is 64.6 Å². The summed E-state index contributed by atoms with van der Waals surface area (Å²) in [5.74, 6) is 0. The van der Waals surface area contributed by atoms with Crippen molar-refractivity contribution in [2.45, 2.75) is 19.9 Å². The first-order valence-electron chi connectivity index (χ1n) is 6.51. The van der Waals surface area contributed by atoms with Gasteiger partial charge in [0.25, 0.3) is 0 Å². The van der Waals surface area contributed by atoms with Crippen LogP contribution in [0.15, 0.2) is 54.6 Å². The lowest BCUT2D eigenvalue weighted by atomic mass is 10.3. The number of urea groups is 1. The third-order valence-corrected chi connectivity index (χ3v) is 3.00. The molecule has 2 amide bonds. The van der Waals surface area contributed by atoms with Crippen LogP contribution < -0.4 is 10.6 Å². The fourth-order valence-electron chi connectivity index (χ4n) is 1.39. The molecule has 0 aromatic heterocycles. The highest BCUT2D eigenvalue weighted by Gasteiger charge is 2.04. The number of carbonyl (C=O) groups excluding carboxylic acids is 1. The van der Waals surface area contributed by atoms with Gasteiger partial charge in [0.15, 0.2) is 0 Å². The van der Waals surface area contributed by atoms with Crippen LogP contribution in [0.3, 0.4) is 0 Å². The van der Waals surface area contributed by atoms with E-state index in [0.717, 1.165) is 0 Å². The van der Waals surface area contributed by atoms with E-state index in [4.69, 9.17) is 23.2 Å². The van der Waals surface area contributed by atoms with Gasteiger partial charge in [-0.05, 0) is 32.0 Å². The molecule has 0 aliphatic rings. The largest absolute Gasteiger partial charge is 0.336 e. The molecule has 0 aliphatic heterocycles. The van der Waals surface area contributed by atoms with Gasteiger partial charge in [0.2, 0.25) is 0 Å². The SMILES string of the molecule is CC(C)NC(=O)Nc1ccc(Cl)c(Cl)c1.c1ccccc1. The third-order valence-electron chi connectivity index (χ3n) is 2.26. The summed E-state index contributed by atoms with van der Waals surface area (Å²) in [4.78, 5) is 11.3. The van der Waals surface area contributed by atoms with E-state index >= 15 is 0 Å². The fraction of sp³-hybridized carbons (Fsp3) is 0.188. The molecule has 0 spiro atoms. The molecule has 0 bridgehead atoms. The summed E-state index contributed by atoms with van der Waals surface area (Å²) >= 11 is 11.5. The summed E-state index contributed by atoms with van der Waals surface area (Å²) in [6.45, 7) is 3.77. The van der Waals surface area contributed by atoms with Crippen LogP contribution in [-0.2, 0) is 0 Å². The second-order valence-corrected chi connectivity index (χ2v) is 5.35. The Bertz CT molecular complexity index is 533. The minimum Gasteiger partial charge on any atom is -0.336 e. The molecule has 0 saturated heterocycles. The molecule has 2 aromatic carbocycles. The number of amides is 2. The maximum absolute atomic E-state index is 11.3. The molecule has 3 nitrogen and oxygen atoms in total. The molecule has 21 heavy (non-hydrogen) atoms. The highest BCUT2D eigenvalue weighted by atomic mass is 35.5. The van der Waals surface area contributed by atoms with E-state index in [1.54, 1.807) is 18.2 Å². The topological polar surface area (TPSA) is 41.1 Å². The minimum atomic E-state index is -0.261. The van der Waals surface area contributed by atoms with Crippen LogP contribution in [0.5, 0.6) is 0 Å². The van der Waals surface area contributed by atoms with Gasteiger partial charge in [0, 0.05) is 11.7 Å². The van der Waals surface area contributed by atoms with Crippen LogP contribution in [0.25, 0.3) is 0 Å². The van der Waals surface area contributed by atoms with E-state index in [2.05, 4.69) is 10.6 Å². The van der Waals surface area contributed by atoms with E-state index in [0.29, 0.717) is 15.7 Å². The van der Waals surface area contributed by atoms with Crippen molar-refractivity contribution >= 4 is 34.9 Å². The molecule has 0 fully saturated rings. The highest BCUT2D eigenvalue weighted by Crippen LogP contribution is 2.24. The number of carbonyl (C=O) groups is 1. The van der Waals surface area contributed by atoms with Crippen LogP contribution in [-0.4, -0.2) is 12.1 Å². The van der Waals surface area contributed by atoms with Crippen molar-refractivity contribution in [2.24, 2.45) is 0 Å². The molecule has 2 N–H and O–H groups in total. The van der Waals surface area contributed by atoms with Crippen molar-refractivity contribution in [1.82, 2.24) is 5.32 Å². The number of benzene rings is 2. The summed E-state index contributed by atoms with van der Waals surface area (Å²) < 4.78 is 0. The van der Waals surface area contributed by atoms with E-state index in [1.807, 2.05) is 50.2 Å². The van der Waals surface area contributed by atoms with Crippen LogP contribution in [0, 0.1) is 0 Å². The maximum Gasteiger partial charge on any atom is 0.319 e. The summed E-state index contributed by atoms with van der Waals surface area (Å²) in [5.41, 5.74) is 0.613. The second-order valence-electron chi connectivity index (χ2n) is 4.54. The predicted octanol–water partition coefficient (Wildman–Crippen LogP) is 5.21. The van der Waals surface area contributed by atoms with Gasteiger partial charge < -0.3 is 10.6 Å². The average molecular weight is 325 g/mol. The van der Waals surface area contributed by atoms with E-state index < -0.39 is 0 Å². The Hall–Kier alpha value is -1.71. The van der Waals surface area contributed by atoms with Crippen LogP contribution >= 0.6 is 23.2 Å². The Balaban J connectivity index is 0.000000304. The summed E-state index contributed by atoms with van der Waals surface area (Å²) in [7, 11) is 0. The molecule has 0 saturated carbocycles. The van der Waals surface area contributed by atoms with Crippen molar-refractivity contribution in [3.63, 3.8) is 0 Å². The summed E-state index contributed by atoms with van der Waals surface area (Å²) in [6.07, 6.45) is 0. The second kappa shape index (κ2) is 9.27. The molecule has 0 unspecified atom stereocenters. The van der Waals surface area contributed by atoms with Crippen LogP contribution in [0.1, 0.15) is 13.8 Å². The molecular formula is C16H18Cl2N2O. The Labute approximate surface area is 135 Å². The Morgan fingerprint density at radius 2 is 1.48 bits per heavy atom. The first-order valence-corrected chi connectivity index (χ1v) is 7.27. The van der Waals surface area contributed by atoms with E-state index in [9.17, 15) is 4.79 Å². The van der Waals surface area contributed by atoms with Crippen LogP contribution in [0.4, 0.5) is 10.5 Å². The number of hydrogen-bond acceptors (Lipinski definition) is 1. The lowest BCUT2D eigenvalue weighted by Crippen LogP contribution is -2.34. The standard InChI is InChI=1S/C10H12Cl2N2O.C6H6/c1-6(2)13-10(15)14-7-3-4-8(11)9(12)5-7;1-2-4-6-5-3-1/h3-6H,1-2H3,(H2,13,14,15);1-6H. The zero-order chi connectivity index (χ0) is 15.7. The van der Waals surface area contributed by atoms with Gasteiger partial charge >= 0.3 is 6.03 Å². The van der Waals surface area contributed by atoms with Gasteiger partial charge in [-0.3, -0.25) is 0 Å². The van der Waals surface area contributed by atoms with Crippen molar-refractivity contribution in [2.75, 3.05) is 5.32 Å². The van der Waals surface area contributed by atoms with Gasteiger partial charge in [-0.2, -0.15) is 0 Å². The normalized spacial score (nSPS) is 9.57. The van der Waals surface area contributed by atoms with Gasteiger partial charge in [-0.25, -0.2) is 4.79 Å². The number of rotatable bonds is 2. The Morgan fingerprint density at radius 3 is 1.90 bits per heavy atom. The zero-order valence-corrected chi connectivity index (χ0v) is 13.4. The lowest BCUT2D eigenvalue weighted by molar-refractivity contribution is 0.250. The highest BCUT2D eigenvalue weighted by molar-refractivity contribution is 6.42. The predicted molar refractivity (Wildman–Crippen MR) is 90.2 cm³/mol. The fourth-order valence-corrected chi connectivity index (χ4v) is 1.69. The van der Waals surface area contributed by atoms with Gasteiger partial charge in [0.05, 0.1) is 10.0 Å². The first kappa shape index (κ1) is 17.3. The molecule has 2 aromatic rings. The number of halogens is 2. The molecule has 112 valence electrons. The van der Waals surface area contributed by atoms with Crippen molar-refractivity contribution in [1.29, 1.82) is 0 Å². The smallest absolute Gasteiger partial charge is 0.319 e. The molecule has 0 radical (unpaired) electrons. The van der Waals surface area contributed by atoms with E-state index in [1.165, 1.54) is 0 Å². The molecule has 0 aliphatic carbocycles. The summed E-state index contributed by atoms with van der Waals surface area (Å²) in [5, 5.41) is 6.23. The molecule has 5 heteroatoms. The molecule has 0 heterocycles. The van der Waals surface area contributed by atoms with Crippen molar-refractivity contribution < 1.29 is 4.79 Å². The van der Waals surface area contributed by atoms with Crippen LogP contribution in [0.2, 0.25) is 10.0 Å². The minimum absolute atomic E-state index is 0.0905. The number of anilines is 1. The van der Waals surface area contributed by atoms with Crippen molar-refractivity contribution in [3.8, 4) is 0 Å². The van der Waals surface area contributed by atoms with E-state index in [-0.39, 0.29) is 12.1 Å². The quantitative estimate of drug-likeness (QED) is 0.782. The zero-order valence-electron chi connectivity index (χ0n) is 11.9. The molecular weight excluding hydrogens is 307 g/mol. The molecule has 0 atom stereocenters. The summed E-state index contributed by atoms with van der Waals surface area (Å²) in [6, 6.07) is 16.8. The maximum atomic E-state index is 11.3. The van der Waals surface area contributed by atoms with Gasteiger partial charge in [-0.15, -0.1) is 0 Å². The molecule has 2 rings (SSSR count). The Morgan fingerprint density at radius 1 is 0.952 bits per heavy atom. The third kappa shape index (κ3) is 7.59.